The predicted molar refractivity (Wildman–Crippen MR) is 90.4 cm³/mol. The van der Waals surface area contributed by atoms with E-state index in [2.05, 4.69) is 79.7 Å². The van der Waals surface area contributed by atoms with Crippen LogP contribution in [0.2, 0.25) is 0 Å². The molecule has 0 amide bonds. The first-order chi connectivity index (χ1) is 10.6. The average molecular weight is 293 g/mol. The lowest BCUT2D eigenvalue weighted by Crippen LogP contribution is -2.38. The maximum absolute atomic E-state index is 9.25. The summed E-state index contributed by atoms with van der Waals surface area (Å²) in [6.45, 7) is 4.54. The SMILES string of the molecule is CC1(C)CCC(c2ccccc2)(c2ccccc2)C1/C=N/O. The van der Waals surface area contributed by atoms with E-state index in [0.29, 0.717) is 0 Å². The molecule has 1 aliphatic carbocycles. The Hall–Kier alpha value is -2.09. The van der Waals surface area contributed by atoms with Gasteiger partial charge in [-0.15, -0.1) is 5.16 Å². The van der Waals surface area contributed by atoms with Crippen LogP contribution in [0.15, 0.2) is 65.8 Å². The highest BCUT2D eigenvalue weighted by atomic mass is 16.4. The monoisotopic (exact) mass is 293 g/mol. The van der Waals surface area contributed by atoms with Crippen LogP contribution in [0.1, 0.15) is 37.8 Å². The van der Waals surface area contributed by atoms with E-state index in [1.54, 1.807) is 6.21 Å². The maximum atomic E-state index is 9.25. The Balaban J connectivity index is 2.25. The van der Waals surface area contributed by atoms with Gasteiger partial charge in [0.15, 0.2) is 0 Å². The molecule has 1 unspecified atom stereocenters. The Kier molecular flexibility index (Phi) is 3.78. The number of nitrogens with zero attached hydrogens (tertiary/aromatic N) is 1. The van der Waals surface area contributed by atoms with Crippen molar-refractivity contribution in [3.8, 4) is 0 Å². The number of oxime groups is 1. The summed E-state index contributed by atoms with van der Waals surface area (Å²) < 4.78 is 0. The lowest BCUT2D eigenvalue weighted by atomic mass is 9.64. The Morgan fingerprint density at radius 2 is 1.41 bits per heavy atom. The van der Waals surface area contributed by atoms with Gasteiger partial charge in [-0.25, -0.2) is 0 Å². The minimum Gasteiger partial charge on any atom is -0.411 e. The summed E-state index contributed by atoms with van der Waals surface area (Å²) in [5, 5.41) is 12.7. The van der Waals surface area contributed by atoms with E-state index in [-0.39, 0.29) is 16.7 Å². The zero-order valence-corrected chi connectivity index (χ0v) is 13.2. The van der Waals surface area contributed by atoms with E-state index in [1.807, 2.05) is 0 Å². The molecule has 114 valence electrons. The highest BCUT2D eigenvalue weighted by molar-refractivity contribution is 5.68. The molecule has 2 nitrogen and oxygen atoms in total. The fourth-order valence-electron chi connectivity index (χ4n) is 4.18. The molecule has 1 aliphatic rings. The van der Waals surface area contributed by atoms with Gasteiger partial charge in [0.25, 0.3) is 0 Å². The molecule has 3 rings (SSSR count). The minimum absolute atomic E-state index is 0.0952. The van der Waals surface area contributed by atoms with Crippen LogP contribution in [-0.4, -0.2) is 11.4 Å². The van der Waals surface area contributed by atoms with Crippen LogP contribution in [0, 0.1) is 11.3 Å². The van der Waals surface area contributed by atoms with Crippen LogP contribution < -0.4 is 0 Å². The quantitative estimate of drug-likeness (QED) is 0.489. The van der Waals surface area contributed by atoms with Gasteiger partial charge in [-0.1, -0.05) is 74.5 Å². The van der Waals surface area contributed by atoms with E-state index >= 15 is 0 Å². The molecule has 2 heteroatoms. The van der Waals surface area contributed by atoms with Gasteiger partial charge in [-0.3, -0.25) is 0 Å². The van der Waals surface area contributed by atoms with Gasteiger partial charge in [0.05, 0.1) is 0 Å². The fraction of sp³-hybridized carbons (Fsp3) is 0.350. The highest BCUT2D eigenvalue weighted by Gasteiger charge is 2.53. The molecule has 0 saturated heterocycles. The number of hydrogen-bond acceptors (Lipinski definition) is 2. The molecule has 0 bridgehead atoms. The Bertz CT molecular complexity index is 606. The molecular formula is C20H23NO. The number of hydrogen-bond donors (Lipinski definition) is 1. The summed E-state index contributed by atoms with van der Waals surface area (Å²) in [6.07, 6.45) is 3.91. The molecule has 1 fully saturated rings. The smallest absolute Gasteiger partial charge is 0.0484 e. The molecule has 0 aliphatic heterocycles. The molecule has 1 N–H and O–H groups in total. The Morgan fingerprint density at radius 3 is 1.86 bits per heavy atom. The molecule has 0 spiro atoms. The van der Waals surface area contributed by atoms with Crippen molar-refractivity contribution < 1.29 is 5.21 Å². The molecule has 1 atom stereocenters. The van der Waals surface area contributed by atoms with Crippen LogP contribution in [0.5, 0.6) is 0 Å². The van der Waals surface area contributed by atoms with Crippen LogP contribution in [0.4, 0.5) is 0 Å². The van der Waals surface area contributed by atoms with Crippen molar-refractivity contribution in [2.24, 2.45) is 16.5 Å². The van der Waals surface area contributed by atoms with Crippen molar-refractivity contribution in [1.29, 1.82) is 0 Å². The molecule has 0 aromatic heterocycles. The molecule has 22 heavy (non-hydrogen) atoms. The van der Waals surface area contributed by atoms with Gasteiger partial charge >= 0.3 is 0 Å². The normalized spacial score (nSPS) is 22.9. The summed E-state index contributed by atoms with van der Waals surface area (Å²) in [5.74, 6) is 0.162. The van der Waals surface area contributed by atoms with Gasteiger partial charge in [-0.05, 0) is 29.4 Å². The van der Waals surface area contributed by atoms with Crippen LogP contribution in [-0.2, 0) is 5.41 Å². The summed E-state index contributed by atoms with van der Waals surface area (Å²) in [4.78, 5) is 0. The zero-order valence-electron chi connectivity index (χ0n) is 13.2. The zero-order chi connectivity index (χ0) is 15.6. The van der Waals surface area contributed by atoms with E-state index in [9.17, 15) is 5.21 Å². The van der Waals surface area contributed by atoms with Crippen molar-refractivity contribution in [2.45, 2.75) is 32.1 Å². The molecule has 2 aromatic carbocycles. The largest absolute Gasteiger partial charge is 0.411 e. The standard InChI is InChI=1S/C20H23NO/c1-19(2)13-14-20(18(19)15-21-22,16-9-5-3-6-10-16)17-11-7-4-8-12-17/h3-12,15,18,22H,13-14H2,1-2H3/b21-15+. The number of benzene rings is 2. The summed E-state index contributed by atoms with van der Waals surface area (Å²) in [7, 11) is 0. The second-order valence-corrected chi connectivity index (χ2v) is 6.93. The summed E-state index contributed by atoms with van der Waals surface area (Å²) in [6, 6.07) is 21.3. The van der Waals surface area contributed by atoms with E-state index < -0.39 is 0 Å². The van der Waals surface area contributed by atoms with Crippen molar-refractivity contribution in [3.63, 3.8) is 0 Å². The third-order valence-electron chi connectivity index (χ3n) is 5.33. The van der Waals surface area contributed by atoms with Crippen LogP contribution >= 0.6 is 0 Å². The second kappa shape index (κ2) is 5.60. The van der Waals surface area contributed by atoms with Crippen molar-refractivity contribution >= 4 is 6.21 Å². The van der Waals surface area contributed by atoms with Crippen molar-refractivity contribution in [1.82, 2.24) is 0 Å². The Morgan fingerprint density at radius 1 is 0.909 bits per heavy atom. The minimum atomic E-state index is -0.127. The van der Waals surface area contributed by atoms with Gasteiger partial charge in [-0.2, -0.15) is 0 Å². The van der Waals surface area contributed by atoms with E-state index in [0.717, 1.165) is 12.8 Å². The van der Waals surface area contributed by atoms with E-state index in [4.69, 9.17) is 0 Å². The van der Waals surface area contributed by atoms with Gasteiger partial charge in [0.1, 0.15) is 0 Å². The molecular weight excluding hydrogens is 270 g/mol. The van der Waals surface area contributed by atoms with Gasteiger partial charge in [0.2, 0.25) is 0 Å². The predicted octanol–water partition coefficient (Wildman–Crippen LogP) is 4.87. The first-order valence-electron chi connectivity index (χ1n) is 7.90. The topological polar surface area (TPSA) is 32.6 Å². The molecule has 0 radical (unpaired) electrons. The third kappa shape index (κ3) is 2.23. The lowest BCUT2D eigenvalue weighted by Gasteiger charge is -2.39. The Labute approximate surface area is 132 Å². The summed E-state index contributed by atoms with van der Waals surface area (Å²) >= 11 is 0. The van der Waals surface area contributed by atoms with Crippen LogP contribution in [0.25, 0.3) is 0 Å². The number of rotatable bonds is 3. The first kappa shape index (κ1) is 14.8. The average Bonchev–Trinajstić information content (AvgIpc) is 2.82. The molecule has 2 aromatic rings. The lowest BCUT2D eigenvalue weighted by molar-refractivity contribution is 0.271. The highest BCUT2D eigenvalue weighted by Crippen LogP contribution is 2.57. The van der Waals surface area contributed by atoms with Crippen molar-refractivity contribution in [2.75, 3.05) is 0 Å². The van der Waals surface area contributed by atoms with Crippen LogP contribution in [0.3, 0.4) is 0 Å². The van der Waals surface area contributed by atoms with Gasteiger partial charge in [0, 0.05) is 17.5 Å². The molecule has 0 heterocycles. The second-order valence-electron chi connectivity index (χ2n) is 6.93. The summed E-state index contributed by atoms with van der Waals surface area (Å²) in [5.41, 5.74) is 2.57. The fourth-order valence-corrected chi connectivity index (χ4v) is 4.18. The molecule has 1 saturated carbocycles. The van der Waals surface area contributed by atoms with Gasteiger partial charge < -0.3 is 5.21 Å². The maximum Gasteiger partial charge on any atom is 0.0484 e. The first-order valence-corrected chi connectivity index (χ1v) is 7.90. The van der Waals surface area contributed by atoms with Crippen molar-refractivity contribution in [3.05, 3.63) is 71.8 Å². The third-order valence-corrected chi connectivity index (χ3v) is 5.33. The van der Waals surface area contributed by atoms with E-state index in [1.165, 1.54) is 11.1 Å².